The fourth-order valence-corrected chi connectivity index (χ4v) is 3.47. The van der Waals surface area contributed by atoms with E-state index in [0.717, 1.165) is 12.1 Å². The minimum atomic E-state index is -3.38. The van der Waals surface area contributed by atoms with Crippen LogP contribution in [0, 0.1) is 5.92 Å². The molecule has 110 valence electrons. The van der Waals surface area contributed by atoms with E-state index in [1.807, 2.05) is 14.0 Å². The monoisotopic (exact) mass is 287 g/mol. The Morgan fingerprint density at radius 2 is 2.11 bits per heavy atom. The molecule has 0 amide bonds. The first-order chi connectivity index (χ1) is 8.95. The second kappa shape index (κ2) is 7.07. The Morgan fingerprint density at radius 3 is 2.63 bits per heavy atom. The number of hydrogen-bond acceptors (Lipinski definition) is 3. The first-order valence-electron chi connectivity index (χ1n) is 6.77. The Kier molecular flexibility index (Phi) is 6.03. The maximum Gasteiger partial charge on any atom is 0.244 e. The SMILES string of the molecule is CCC(C)CN(CC)S(=O)(=O)c1c[nH]c(CNC)c1. The molecule has 0 saturated carbocycles. The van der Waals surface area contributed by atoms with E-state index in [1.165, 1.54) is 0 Å². The average Bonchev–Trinajstić information content (AvgIpc) is 2.85. The zero-order valence-corrected chi connectivity index (χ0v) is 13.0. The van der Waals surface area contributed by atoms with Crippen LogP contribution < -0.4 is 5.32 Å². The summed E-state index contributed by atoms with van der Waals surface area (Å²) in [5.74, 6) is 0.366. The molecule has 1 heterocycles. The molecule has 0 saturated heterocycles. The van der Waals surface area contributed by atoms with Crippen molar-refractivity contribution in [1.29, 1.82) is 0 Å². The van der Waals surface area contributed by atoms with Gasteiger partial charge in [-0.25, -0.2) is 8.42 Å². The van der Waals surface area contributed by atoms with Gasteiger partial charge in [0, 0.05) is 31.5 Å². The van der Waals surface area contributed by atoms with E-state index >= 15 is 0 Å². The van der Waals surface area contributed by atoms with Crippen molar-refractivity contribution in [1.82, 2.24) is 14.6 Å². The van der Waals surface area contributed by atoms with Crippen LogP contribution in [-0.2, 0) is 16.6 Å². The molecule has 0 radical (unpaired) electrons. The lowest BCUT2D eigenvalue weighted by Gasteiger charge is -2.22. The van der Waals surface area contributed by atoms with Crippen molar-refractivity contribution in [2.45, 2.75) is 38.6 Å². The highest BCUT2D eigenvalue weighted by Gasteiger charge is 2.25. The Labute approximate surface area is 116 Å². The van der Waals surface area contributed by atoms with Crippen LogP contribution in [-0.4, -0.2) is 37.8 Å². The fourth-order valence-electron chi connectivity index (χ4n) is 1.88. The summed E-state index contributed by atoms with van der Waals surface area (Å²) in [6.07, 6.45) is 2.55. The van der Waals surface area contributed by atoms with Gasteiger partial charge in [-0.2, -0.15) is 4.31 Å². The number of nitrogens with zero attached hydrogens (tertiary/aromatic N) is 1. The summed E-state index contributed by atoms with van der Waals surface area (Å²) in [5.41, 5.74) is 0.876. The minimum absolute atomic E-state index is 0.350. The molecule has 0 aliphatic rings. The van der Waals surface area contributed by atoms with Crippen molar-refractivity contribution < 1.29 is 8.42 Å². The van der Waals surface area contributed by atoms with E-state index < -0.39 is 10.0 Å². The Hall–Kier alpha value is -0.850. The molecule has 1 aromatic heterocycles. The minimum Gasteiger partial charge on any atom is -0.363 e. The summed E-state index contributed by atoms with van der Waals surface area (Å²) in [6, 6.07) is 1.70. The third-order valence-corrected chi connectivity index (χ3v) is 5.20. The van der Waals surface area contributed by atoms with Gasteiger partial charge in [0.25, 0.3) is 0 Å². The molecule has 2 N–H and O–H groups in total. The molecule has 0 fully saturated rings. The van der Waals surface area contributed by atoms with Gasteiger partial charge in [-0.1, -0.05) is 27.2 Å². The molecule has 0 bridgehead atoms. The summed E-state index contributed by atoms with van der Waals surface area (Å²) < 4.78 is 26.6. The topological polar surface area (TPSA) is 65.2 Å². The molecule has 1 rings (SSSR count). The van der Waals surface area contributed by atoms with Crippen LogP contribution in [0.2, 0.25) is 0 Å². The number of H-pyrrole nitrogens is 1. The van der Waals surface area contributed by atoms with E-state index in [9.17, 15) is 8.42 Å². The highest BCUT2D eigenvalue weighted by Crippen LogP contribution is 2.18. The number of aromatic nitrogens is 1. The van der Waals surface area contributed by atoms with Crippen molar-refractivity contribution in [2.75, 3.05) is 20.1 Å². The third kappa shape index (κ3) is 4.06. The molecule has 0 spiro atoms. The number of hydrogen-bond donors (Lipinski definition) is 2. The van der Waals surface area contributed by atoms with Crippen LogP contribution >= 0.6 is 0 Å². The molecular formula is C13H25N3O2S. The number of nitrogens with one attached hydrogen (secondary N) is 2. The molecule has 19 heavy (non-hydrogen) atoms. The lowest BCUT2D eigenvalue weighted by Crippen LogP contribution is -2.34. The lowest BCUT2D eigenvalue weighted by molar-refractivity contribution is 0.361. The van der Waals surface area contributed by atoms with Gasteiger partial charge in [-0.15, -0.1) is 0 Å². The van der Waals surface area contributed by atoms with Crippen LogP contribution in [0.3, 0.4) is 0 Å². The van der Waals surface area contributed by atoms with Crippen LogP contribution in [0.25, 0.3) is 0 Å². The molecule has 1 aromatic rings. The Bertz CT molecular complexity index is 482. The molecule has 0 aliphatic heterocycles. The third-order valence-electron chi connectivity index (χ3n) is 3.29. The summed E-state index contributed by atoms with van der Waals surface area (Å²) in [6.45, 7) is 7.73. The van der Waals surface area contributed by atoms with Gasteiger partial charge in [0.05, 0.1) is 4.90 Å². The first kappa shape index (κ1) is 16.2. The second-order valence-corrected chi connectivity index (χ2v) is 6.80. The van der Waals surface area contributed by atoms with Gasteiger partial charge in [0.2, 0.25) is 10.0 Å². The highest BCUT2D eigenvalue weighted by atomic mass is 32.2. The summed E-state index contributed by atoms with van der Waals surface area (Å²) in [4.78, 5) is 3.34. The van der Waals surface area contributed by atoms with Crippen molar-refractivity contribution in [2.24, 2.45) is 5.92 Å². The van der Waals surface area contributed by atoms with Gasteiger partial charge in [-0.05, 0) is 19.0 Å². The van der Waals surface area contributed by atoms with Crippen LogP contribution in [0.5, 0.6) is 0 Å². The molecular weight excluding hydrogens is 262 g/mol. The first-order valence-corrected chi connectivity index (χ1v) is 8.21. The van der Waals surface area contributed by atoms with Crippen molar-refractivity contribution >= 4 is 10.0 Å². The molecule has 0 aliphatic carbocycles. The van der Waals surface area contributed by atoms with E-state index in [2.05, 4.69) is 24.1 Å². The largest absolute Gasteiger partial charge is 0.363 e. The molecule has 1 unspecified atom stereocenters. The maximum absolute atomic E-state index is 12.5. The summed E-state index contributed by atoms with van der Waals surface area (Å²) >= 11 is 0. The zero-order valence-electron chi connectivity index (χ0n) is 12.2. The zero-order chi connectivity index (χ0) is 14.5. The van der Waals surface area contributed by atoms with E-state index in [1.54, 1.807) is 16.6 Å². The molecule has 6 heteroatoms. The van der Waals surface area contributed by atoms with Gasteiger partial charge in [-0.3, -0.25) is 0 Å². The predicted octanol–water partition coefficient (Wildman–Crippen LogP) is 1.79. The summed E-state index contributed by atoms with van der Waals surface area (Å²) in [5, 5.41) is 2.99. The van der Waals surface area contributed by atoms with E-state index in [-0.39, 0.29) is 0 Å². The smallest absolute Gasteiger partial charge is 0.244 e. The Balaban J connectivity index is 2.92. The number of aromatic amines is 1. The lowest BCUT2D eigenvalue weighted by atomic mass is 10.1. The second-order valence-electron chi connectivity index (χ2n) is 4.86. The van der Waals surface area contributed by atoms with E-state index in [4.69, 9.17) is 0 Å². The molecule has 0 aromatic carbocycles. The maximum atomic E-state index is 12.5. The van der Waals surface area contributed by atoms with Crippen LogP contribution in [0.15, 0.2) is 17.2 Å². The van der Waals surface area contributed by atoms with Crippen molar-refractivity contribution in [3.05, 3.63) is 18.0 Å². The van der Waals surface area contributed by atoms with Crippen LogP contribution in [0.1, 0.15) is 32.9 Å². The molecule has 5 nitrogen and oxygen atoms in total. The quantitative estimate of drug-likeness (QED) is 0.766. The fraction of sp³-hybridized carbons (Fsp3) is 0.692. The normalized spacial score (nSPS) is 13.9. The predicted molar refractivity (Wildman–Crippen MR) is 77.4 cm³/mol. The average molecular weight is 287 g/mol. The van der Waals surface area contributed by atoms with Crippen LogP contribution in [0.4, 0.5) is 0 Å². The number of rotatable bonds is 8. The van der Waals surface area contributed by atoms with Gasteiger partial charge in [0.15, 0.2) is 0 Å². The Morgan fingerprint density at radius 1 is 1.42 bits per heavy atom. The highest BCUT2D eigenvalue weighted by molar-refractivity contribution is 7.89. The van der Waals surface area contributed by atoms with E-state index in [0.29, 0.717) is 30.4 Å². The summed E-state index contributed by atoms with van der Waals surface area (Å²) in [7, 11) is -1.55. The molecule has 1 atom stereocenters. The van der Waals surface area contributed by atoms with Crippen molar-refractivity contribution in [3.63, 3.8) is 0 Å². The van der Waals surface area contributed by atoms with Gasteiger partial charge in [0.1, 0.15) is 0 Å². The van der Waals surface area contributed by atoms with Gasteiger partial charge < -0.3 is 10.3 Å². The standard InChI is InChI=1S/C13H25N3O2S/c1-5-11(3)10-16(6-2)19(17,18)13-7-12(8-14-4)15-9-13/h7,9,11,14-15H,5-6,8,10H2,1-4H3. The van der Waals surface area contributed by atoms with Gasteiger partial charge >= 0.3 is 0 Å². The van der Waals surface area contributed by atoms with Crippen molar-refractivity contribution in [3.8, 4) is 0 Å². The number of sulfonamides is 1.